The summed E-state index contributed by atoms with van der Waals surface area (Å²) >= 11 is 0. The number of nitrogen functional groups attached to an aromatic ring is 1. The summed E-state index contributed by atoms with van der Waals surface area (Å²) in [6.07, 6.45) is 1.82. The SMILES string of the molecule is Cc1cccc(-c2c3c(=O)n(C)c(=O)n(C)c3cn2-c2cccc(N)c2)c1. The normalized spacial score (nSPS) is 11.2. The zero-order valence-corrected chi connectivity index (χ0v) is 15.4. The van der Waals surface area contributed by atoms with E-state index in [1.807, 2.05) is 66.2 Å². The number of benzene rings is 2. The fraction of sp³-hybridized carbons (Fsp3) is 0.143. The predicted octanol–water partition coefficient (Wildman–Crippen LogP) is 2.59. The summed E-state index contributed by atoms with van der Waals surface area (Å²) in [5.74, 6) is 0. The standard InChI is InChI=1S/C21H20N4O2/c1-13-6-4-7-14(10-13)19-18-17(23(2)21(27)24(3)20(18)26)12-25(19)16-9-5-8-15(22)11-16/h4-12H,22H2,1-3H3. The molecule has 2 heterocycles. The van der Waals surface area contributed by atoms with Crippen LogP contribution in [0.4, 0.5) is 5.69 Å². The minimum atomic E-state index is -0.354. The maximum absolute atomic E-state index is 13.0. The molecule has 0 saturated heterocycles. The van der Waals surface area contributed by atoms with E-state index < -0.39 is 0 Å². The van der Waals surface area contributed by atoms with Gasteiger partial charge in [-0.25, -0.2) is 4.79 Å². The Hall–Kier alpha value is -3.54. The molecule has 136 valence electrons. The summed E-state index contributed by atoms with van der Waals surface area (Å²) in [5, 5.41) is 0.507. The van der Waals surface area contributed by atoms with Crippen LogP contribution in [-0.4, -0.2) is 13.7 Å². The zero-order valence-electron chi connectivity index (χ0n) is 15.4. The van der Waals surface area contributed by atoms with Gasteiger partial charge in [0.25, 0.3) is 5.56 Å². The molecule has 0 aliphatic carbocycles. The first-order chi connectivity index (χ1) is 12.9. The molecule has 0 atom stereocenters. The Labute approximate surface area is 155 Å². The van der Waals surface area contributed by atoms with Gasteiger partial charge in [-0.15, -0.1) is 0 Å². The fourth-order valence-corrected chi connectivity index (χ4v) is 3.49. The van der Waals surface area contributed by atoms with Crippen molar-refractivity contribution in [3.8, 4) is 16.9 Å². The van der Waals surface area contributed by atoms with Crippen LogP contribution >= 0.6 is 0 Å². The molecule has 0 amide bonds. The van der Waals surface area contributed by atoms with Gasteiger partial charge >= 0.3 is 5.69 Å². The minimum absolute atomic E-state index is 0.313. The van der Waals surface area contributed by atoms with E-state index in [0.29, 0.717) is 16.6 Å². The molecule has 0 bridgehead atoms. The quantitative estimate of drug-likeness (QED) is 0.558. The monoisotopic (exact) mass is 360 g/mol. The van der Waals surface area contributed by atoms with Crippen LogP contribution in [-0.2, 0) is 14.1 Å². The molecule has 2 aromatic carbocycles. The molecule has 0 aliphatic rings. The lowest BCUT2D eigenvalue weighted by molar-refractivity contribution is 0.714. The molecule has 2 aromatic heterocycles. The van der Waals surface area contributed by atoms with Crippen molar-refractivity contribution in [3.05, 3.63) is 81.1 Å². The van der Waals surface area contributed by atoms with Crippen LogP contribution < -0.4 is 17.0 Å². The third kappa shape index (κ3) is 2.57. The third-order valence-electron chi connectivity index (χ3n) is 4.88. The molecule has 0 spiro atoms. The van der Waals surface area contributed by atoms with Crippen molar-refractivity contribution in [2.45, 2.75) is 6.92 Å². The number of hydrogen-bond donors (Lipinski definition) is 1. The zero-order chi connectivity index (χ0) is 19.3. The molecule has 6 heteroatoms. The lowest BCUT2D eigenvalue weighted by Gasteiger charge is -2.11. The van der Waals surface area contributed by atoms with Gasteiger partial charge in [0.2, 0.25) is 0 Å². The molecule has 4 aromatic rings. The fourth-order valence-electron chi connectivity index (χ4n) is 3.49. The van der Waals surface area contributed by atoms with Gasteiger partial charge in [0.15, 0.2) is 0 Å². The first kappa shape index (κ1) is 16.9. The molecule has 0 fully saturated rings. The van der Waals surface area contributed by atoms with E-state index in [4.69, 9.17) is 5.73 Å². The first-order valence-corrected chi connectivity index (χ1v) is 8.62. The summed E-state index contributed by atoms with van der Waals surface area (Å²) < 4.78 is 4.57. The maximum Gasteiger partial charge on any atom is 0.330 e. The van der Waals surface area contributed by atoms with Gasteiger partial charge in [-0.05, 0) is 36.8 Å². The molecule has 0 radical (unpaired) electrons. The summed E-state index contributed by atoms with van der Waals surface area (Å²) in [5.41, 5.74) is 10.1. The van der Waals surface area contributed by atoms with Crippen molar-refractivity contribution in [2.75, 3.05) is 5.73 Å². The van der Waals surface area contributed by atoms with Crippen molar-refractivity contribution in [1.82, 2.24) is 13.7 Å². The summed E-state index contributed by atoms with van der Waals surface area (Å²) in [4.78, 5) is 25.4. The Kier molecular flexibility index (Phi) is 3.77. The van der Waals surface area contributed by atoms with Gasteiger partial charge in [0.1, 0.15) is 0 Å². The predicted molar refractivity (Wildman–Crippen MR) is 108 cm³/mol. The molecular formula is C21H20N4O2. The van der Waals surface area contributed by atoms with Crippen molar-refractivity contribution in [2.24, 2.45) is 14.1 Å². The first-order valence-electron chi connectivity index (χ1n) is 8.62. The number of nitrogens with zero attached hydrogens (tertiary/aromatic N) is 3. The molecule has 27 heavy (non-hydrogen) atoms. The van der Waals surface area contributed by atoms with Crippen molar-refractivity contribution >= 4 is 16.6 Å². The van der Waals surface area contributed by atoms with Crippen LogP contribution in [0.1, 0.15) is 5.56 Å². The van der Waals surface area contributed by atoms with Crippen LogP contribution in [0.5, 0.6) is 0 Å². The van der Waals surface area contributed by atoms with E-state index in [9.17, 15) is 9.59 Å². The minimum Gasteiger partial charge on any atom is -0.399 e. The summed E-state index contributed by atoms with van der Waals surface area (Å²) in [7, 11) is 3.18. The molecular weight excluding hydrogens is 340 g/mol. The molecule has 4 rings (SSSR count). The molecule has 6 nitrogen and oxygen atoms in total. The highest BCUT2D eigenvalue weighted by molar-refractivity contribution is 5.95. The topological polar surface area (TPSA) is 75.0 Å². The van der Waals surface area contributed by atoms with E-state index in [0.717, 1.165) is 27.1 Å². The second kappa shape index (κ2) is 6.02. The van der Waals surface area contributed by atoms with Crippen molar-refractivity contribution in [1.29, 1.82) is 0 Å². The number of aryl methyl sites for hydroxylation is 2. The van der Waals surface area contributed by atoms with Crippen LogP contribution in [0.15, 0.2) is 64.3 Å². The maximum atomic E-state index is 13.0. The van der Waals surface area contributed by atoms with E-state index in [1.54, 1.807) is 7.05 Å². The summed E-state index contributed by atoms with van der Waals surface area (Å²) in [6, 6.07) is 15.4. The molecule has 0 saturated carbocycles. The highest BCUT2D eigenvalue weighted by atomic mass is 16.2. The Morgan fingerprint density at radius 1 is 0.926 bits per heavy atom. The average molecular weight is 360 g/mol. The lowest BCUT2D eigenvalue weighted by atomic mass is 10.1. The van der Waals surface area contributed by atoms with E-state index in [1.165, 1.54) is 11.6 Å². The van der Waals surface area contributed by atoms with Crippen molar-refractivity contribution in [3.63, 3.8) is 0 Å². The second-order valence-electron chi connectivity index (χ2n) is 6.78. The third-order valence-corrected chi connectivity index (χ3v) is 4.88. The average Bonchev–Trinajstić information content (AvgIpc) is 3.05. The summed E-state index contributed by atoms with van der Waals surface area (Å²) in [6.45, 7) is 2.01. The smallest absolute Gasteiger partial charge is 0.330 e. The number of rotatable bonds is 2. The largest absolute Gasteiger partial charge is 0.399 e. The van der Waals surface area contributed by atoms with Gasteiger partial charge in [-0.2, -0.15) is 0 Å². The Morgan fingerprint density at radius 3 is 2.37 bits per heavy atom. The number of anilines is 1. The van der Waals surface area contributed by atoms with Crippen LogP contribution in [0.3, 0.4) is 0 Å². The second-order valence-corrected chi connectivity index (χ2v) is 6.78. The molecule has 2 N–H and O–H groups in total. The number of nitrogens with two attached hydrogens (primary N) is 1. The number of hydrogen-bond acceptors (Lipinski definition) is 3. The van der Waals surface area contributed by atoms with Gasteiger partial charge in [-0.3, -0.25) is 13.9 Å². The van der Waals surface area contributed by atoms with E-state index in [2.05, 4.69) is 0 Å². The van der Waals surface area contributed by atoms with E-state index in [-0.39, 0.29) is 11.2 Å². The number of fused-ring (bicyclic) bond motifs is 1. The lowest BCUT2D eigenvalue weighted by Crippen LogP contribution is -2.36. The Balaban J connectivity index is 2.23. The van der Waals surface area contributed by atoms with Crippen LogP contribution in [0, 0.1) is 6.92 Å². The molecule has 0 unspecified atom stereocenters. The Bertz CT molecular complexity index is 1310. The Morgan fingerprint density at radius 2 is 1.67 bits per heavy atom. The highest BCUT2D eigenvalue weighted by Gasteiger charge is 2.20. The highest BCUT2D eigenvalue weighted by Crippen LogP contribution is 2.31. The van der Waals surface area contributed by atoms with Crippen LogP contribution in [0.25, 0.3) is 27.8 Å². The van der Waals surface area contributed by atoms with Gasteiger partial charge in [0, 0.05) is 31.7 Å². The van der Waals surface area contributed by atoms with Gasteiger partial charge in [0.05, 0.1) is 16.6 Å². The van der Waals surface area contributed by atoms with E-state index >= 15 is 0 Å². The van der Waals surface area contributed by atoms with Gasteiger partial charge < -0.3 is 10.3 Å². The van der Waals surface area contributed by atoms with Crippen molar-refractivity contribution < 1.29 is 0 Å². The number of aromatic nitrogens is 3. The van der Waals surface area contributed by atoms with Gasteiger partial charge in [-0.1, -0.05) is 29.8 Å². The van der Waals surface area contributed by atoms with Crippen LogP contribution in [0.2, 0.25) is 0 Å². The molecule has 0 aliphatic heterocycles.